The summed E-state index contributed by atoms with van der Waals surface area (Å²) in [7, 11) is -1.36. The van der Waals surface area contributed by atoms with Crippen molar-refractivity contribution >= 4 is 11.0 Å². The molecule has 1 aliphatic heterocycles. The number of hydrogen-bond acceptors (Lipinski definition) is 2. The van der Waals surface area contributed by atoms with Crippen LogP contribution in [-0.4, -0.2) is 16.4 Å². The van der Waals surface area contributed by atoms with Crippen LogP contribution in [0.2, 0.25) is 0 Å². The molecule has 1 aromatic carbocycles. The van der Waals surface area contributed by atoms with Crippen molar-refractivity contribution in [2.45, 2.75) is 23.3 Å². The fraction of sp³-hybridized carbons (Fsp3) is 0.400. The van der Waals surface area contributed by atoms with Crippen molar-refractivity contribution in [1.82, 2.24) is 4.72 Å². The van der Waals surface area contributed by atoms with Crippen LogP contribution in [0.1, 0.15) is 12.8 Å². The summed E-state index contributed by atoms with van der Waals surface area (Å²) in [4.78, 5) is 0.402. The molecule has 1 saturated carbocycles. The van der Waals surface area contributed by atoms with Gasteiger partial charge in [0.05, 0.1) is 4.90 Å². The van der Waals surface area contributed by atoms with Crippen LogP contribution in [0, 0.1) is 5.82 Å². The maximum absolute atomic E-state index is 13.0. The minimum atomic E-state index is -1.36. The summed E-state index contributed by atoms with van der Waals surface area (Å²) in [5.41, 5.74) is -0.196. The number of rotatable bonds is 0. The van der Waals surface area contributed by atoms with Gasteiger partial charge in [-0.3, -0.25) is 0 Å². The van der Waals surface area contributed by atoms with Gasteiger partial charge in [-0.2, -0.15) is 0 Å². The molecule has 1 aliphatic carbocycles. The first kappa shape index (κ1) is 9.30. The third-order valence-corrected chi connectivity index (χ3v) is 3.89. The quantitative estimate of drug-likeness (QED) is 0.726. The Kier molecular flexibility index (Phi) is 1.87. The number of ether oxygens (including phenoxy) is 1. The number of halogens is 1. The van der Waals surface area contributed by atoms with Crippen molar-refractivity contribution in [3.8, 4) is 5.75 Å². The molecular weight excluding hydrogens is 217 g/mol. The third-order valence-electron chi connectivity index (χ3n) is 2.77. The molecule has 3 nitrogen and oxygen atoms in total. The zero-order valence-electron chi connectivity index (χ0n) is 7.96. The summed E-state index contributed by atoms with van der Waals surface area (Å²) in [6.45, 7) is 0.565. The zero-order valence-corrected chi connectivity index (χ0v) is 8.77. The lowest BCUT2D eigenvalue weighted by Crippen LogP contribution is -2.31. The fourth-order valence-electron chi connectivity index (χ4n) is 1.67. The van der Waals surface area contributed by atoms with Crippen molar-refractivity contribution in [2.24, 2.45) is 0 Å². The zero-order chi connectivity index (χ0) is 10.5. The van der Waals surface area contributed by atoms with E-state index < -0.39 is 11.0 Å². The van der Waals surface area contributed by atoms with Crippen molar-refractivity contribution in [2.75, 3.05) is 6.54 Å². The molecule has 0 amide bonds. The third kappa shape index (κ3) is 1.55. The second-order valence-corrected chi connectivity index (χ2v) is 5.23. The van der Waals surface area contributed by atoms with Crippen LogP contribution in [0.5, 0.6) is 5.75 Å². The highest BCUT2D eigenvalue weighted by Crippen LogP contribution is 2.42. The Morgan fingerprint density at radius 1 is 1.47 bits per heavy atom. The van der Waals surface area contributed by atoms with Crippen LogP contribution < -0.4 is 9.46 Å². The van der Waals surface area contributed by atoms with E-state index in [2.05, 4.69) is 4.72 Å². The van der Waals surface area contributed by atoms with Gasteiger partial charge in [-0.25, -0.2) is 13.3 Å². The van der Waals surface area contributed by atoms with E-state index in [1.165, 1.54) is 12.1 Å². The molecule has 1 aromatic rings. The fourth-order valence-corrected chi connectivity index (χ4v) is 2.74. The van der Waals surface area contributed by atoms with Crippen LogP contribution >= 0.6 is 0 Å². The lowest BCUT2D eigenvalue weighted by atomic mass is 10.3. The first-order chi connectivity index (χ1) is 7.19. The molecule has 1 unspecified atom stereocenters. The summed E-state index contributed by atoms with van der Waals surface area (Å²) in [6, 6.07) is 4.15. The molecule has 0 radical (unpaired) electrons. The van der Waals surface area contributed by atoms with Crippen molar-refractivity contribution in [1.29, 1.82) is 0 Å². The van der Waals surface area contributed by atoms with E-state index in [-0.39, 0.29) is 11.4 Å². The molecule has 3 rings (SSSR count). The van der Waals surface area contributed by atoms with E-state index in [1.807, 2.05) is 0 Å². The van der Waals surface area contributed by atoms with Crippen LogP contribution in [0.15, 0.2) is 23.1 Å². The SMILES string of the molecule is O=S1NCC2(CC2)Oc2ccc(F)cc21. The first-order valence-electron chi connectivity index (χ1n) is 4.82. The van der Waals surface area contributed by atoms with Crippen LogP contribution in [0.4, 0.5) is 4.39 Å². The van der Waals surface area contributed by atoms with Gasteiger partial charge in [0.15, 0.2) is 0 Å². The molecule has 15 heavy (non-hydrogen) atoms. The number of nitrogens with one attached hydrogen (secondary N) is 1. The Bertz CT molecular complexity index is 445. The maximum atomic E-state index is 13.0. The highest BCUT2D eigenvalue weighted by atomic mass is 32.2. The Morgan fingerprint density at radius 2 is 2.27 bits per heavy atom. The first-order valence-corrected chi connectivity index (χ1v) is 5.97. The molecule has 80 valence electrons. The smallest absolute Gasteiger partial charge is 0.137 e. The second-order valence-electron chi connectivity index (χ2n) is 3.97. The van der Waals surface area contributed by atoms with E-state index in [1.54, 1.807) is 6.07 Å². The molecule has 1 heterocycles. The average molecular weight is 227 g/mol. The van der Waals surface area contributed by atoms with Crippen molar-refractivity contribution in [3.63, 3.8) is 0 Å². The molecule has 0 bridgehead atoms. The van der Waals surface area contributed by atoms with Crippen LogP contribution in [0.3, 0.4) is 0 Å². The lowest BCUT2D eigenvalue weighted by molar-refractivity contribution is 0.182. The number of hydrogen-bond donors (Lipinski definition) is 1. The standard InChI is InChI=1S/C10H10FNO2S/c11-7-1-2-8-9(5-7)15(13)12-6-10(14-8)3-4-10/h1-2,5,12H,3-4,6H2. The maximum Gasteiger partial charge on any atom is 0.137 e. The summed E-state index contributed by atoms with van der Waals surface area (Å²) in [5.74, 6) is 0.150. The van der Waals surface area contributed by atoms with Crippen molar-refractivity contribution < 1.29 is 13.3 Å². The van der Waals surface area contributed by atoms with E-state index in [4.69, 9.17) is 4.74 Å². The van der Waals surface area contributed by atoms with E-state index in [0.717, 1.165) is 12.8 Å². The molecule has 1 spiro atoms. The Labute approximate surface area is 89.2 Å². The van der Waals surface area contributed by atoms with Gasteiger partial charge in [0.1, 0.15) is 28.2 Å². The van der Waals surface area contributed by atoms with Gasteiger partial charge in [-0.1, -0.05) is 0 Å². The Balaban J connectivity index is 2.08. The largest absolute Gasteiger partial charge is 0.485 e. The van der Waals surface area contributed by atoms with Crippen LogP contribution in [-0.2, 0) is 11.0 Å². The summed E-state index contributed by atoms with van der Waals surface area (Å²) < 4.78 is 33.3. The molecule has 2 aliphatic rings. The summed E-state index contributed by atoms with van der Waals surface area (Å²) >= 11 is 0. The van der Waals surface area contributed by atoms with Gasteiger partial charge in [-0.15, -0.1) is 0 Å². The van der Waals surface area contributed by atoms with Gasteiger partial charge in [0.2, 0.25) is 0 Å². The normalized spacial score (nSPS) is 26.6. The molecule has 5 heteroatoms. The van der Waals surface area contributed by atoms with Gasteiger partial charge in [0.25, 0.3) is 0 Å². The molecule has 0 saturated heterocycles. The predicted molar refractivity (Wildman–Crippen MR) is 53.4 cm³/mol. The van der Waals surface area contributed by atoms with Crippen molar-refractivity contribution in [3.05, 3.63) is 24.0 Å². The number of fused-ring (bicyclic) bond motifs is 1. The number of benzene rings is 1. The minimum absolute atomic E-state index is 0.196. The second kappa shape index (κ2) is 3.02. The predicted octanol–water partition coefficient (Wildman–Crippen LogP) is 1.36. The Morgan fingerprint density at radius 3 is 3.00 bits per heavy atom. The molecular formula is C10H10FNO2S. The topological polar surface area (TPSA) is 38.3 Å². The minimum Gasteiger partial charge on any atom is -0.485 e. The van der Waals surface area contributed by atoms with Gasteiger partial charge >= 0.3 is 0 Å². The molecule has 0 aromatic heterocycles. The monoisotopic (exact) mass is 227 g/mol. The van der Waals surface area contributed by atoms with Gasteiger partial charge in [-0.05, 0) is 31.0 Å². The van der Waals surface area contributed by atoms with E-state index >= 15 is 0 Å². The van der Waals surface area contributed by atoms with Crippen LogP contribution in [0.25, 0.3) is 0 Å². The molecule has 1 fully saturated rings. The lowest BCUT2D eigenvalue weighted by Gasteiger charge is -2.14. The Hall–Kier alpha value is -0.940. The van der Waals surface area contributed by atoms with E-state index in [9.17, 15) is 8.60 Å². The molecule has 1 N–H and O–H groups in total. The average Bonchev–Trinajstić information content (AvgIpc) is 2.99. The van der Waals surface area contributed by atoms with Gasteiger partial charge in [0, 0.05) is 6.54 Å². The summed E-state index contributed by atoms with van der Waals surface area (Å²) in [5, 5.41) is 0. The highest BCUT2D eigenvalue weighted by Gasteiger charge is 2.47. The van der Waals surface area contributed by atoms with E-state index in [0.29, 0.717) is 17.2 Å². The highest BCUT2D eigenvalue weighted by molar-refractivity contribution is 7.83. The molecule has 1 atom stereocenters. The summed E-state index contributed by atoms with van der Waals surface area (Å²) in [6.07, 6.45) is 1.93. The van der Waals surface area contributed by atoms with Gasteiger partial charge < -0.3 is 4.74 Å².